The summed E-state index contributed by atoms with van der Waals surface area (Å²) in [4.78, 5) is 17.1. The second-order valence-corrected chi connectivity index (χ2v) is 6.92. The van der Waals surface area contributed by atoms with Gasteiger partial charge < -0.3 is 5.32 Å². The van der Waals surface area contributed by atoms with Gasteiger partial charge in [-0.15, -0.1) is 0 Å². The Hall–Kier alpha value is -2.16. The monoisotopic (exact) mass is 322 g/mol. The van der Waals surface area contributed by atoms with Crippen LogP contribution in [0.15, 0.2) is 42.7 Å². The molecule has 3 heteroatoms. The number of hydrogen-bond acceptors (Lipinski definition) is 2. The van der Waals surface area contributed by atoms with Gasteiger partial charge in [-0.1, -0.05) is 49.1 Å². The lowest BCUT2D eigenvalue weighted by Crippen LogP contribution is -2.35. The topological polar surface area (TPSA) is 42.0 Å². The van der Waals surface area contributed by atoms with E-state index < -0.39 is 0 Å². The van der Waals surface area contributed by atoms with Crippen LogP contribution in [0.3, 0.4) is 0 Å². The molecular formula is C21H26N2O. The van der Waals surface area contributed by atoms with Crippen molar-refractivity contribution in [3.8, 4) is 0 Å². The molecule has 0 spiro atoms. The molecule has 1 amide bonds. The minimum atomic E-state index is -0.131. The summed E-state index contributed by atoms with van der Waals surface area (Å²) in [7, 11) is 0. The third kappa shape index (κ3) is 3.84. The zero-order valence-electron chi connectivity index (χ0n) is 14.6. The SMILES string of the molecule is Cc1ccc(C)c([C@@H](NC(=O)C2CCCCC2)c2cccnc2)c1. The van der Waals surface area contributed by atoms with Crippen molar-refractivity contribution in [2.45, 2.75) is 52.0 Å². The van der Waals surface area contributed by atoms with Gasteiger partial charge in [0.2, 0.25) is 5.91 Å². The van der Waals surface area contributed by atoms with Gasteiger partial charge in [0.1, 0.15) is 0 Å². The maximum Gasteiger partial charge on any atom is 0.223 e. The highest BCUT2D eigenvalue weighted by atomic mass is 16.1. The highest BCUT2D eigenvalue weighted by Crippen LogP contribution is 2.28. The molecule has 1 fully saturated rings. The van der Waals surface area contributed by atoms with Crippen molar-refractivity contribution in [3.63, 3.8) is 0 Å². The normalized spacial score (nSPS) is 16.6. The number of nitrogens with one attached hydrogen (secondary N) is 1. The van der Waals surface area contributed by atoms with Crippen molar-refractivity contribution in [2.75, 3.05) is 0 Å². The molecule has 1 aromatic heterocycles. The molecule has 0 radical (unpaired) electrons. The van der Waals surface area contributed by atoms with E-state index in [2.05, 4.69) is 42.3 Å². The van der Waals surface area contributed by atoms with Crippen LogP contribution in [0.25, 0.3) is 0 Å². The lowest BCUT2D eigenvalue weighted by atomic mass is 9.87. The Balaban J connectivity index is 1.90. The van der Waals surface area contributed by atoms with Crippen molar-refractivity contribution in [1.29, 1.82) is 0 Å². The van der Waals surface area contributed by atoms with Crippen LogP contribution in [0.2, 0.25) is 0 Å². The lowest BCUT2D eigenvalue weighted by Gasteiger charge is -2.26. The van der Waals surface area contributed by atoms with Crippen molar-refractivity contribution >= 4 is 5.91 Å². The van der Waals surface area contributed by atoms with Gasteiger partial charge >= 0.3 is 0 Å². The third-order valence-electron chi connectivity index (χ3n) is 5.03. The first-order valence-corrected chi connectivity index (χ1v) is 8.92. The highest BCUT2D eigenvalue weighted by Gasteiger charge is 2.25. The Morgan fingerprint density at radius 3 is 2.67 bits per heavy atom. The molecule has 24 heavy (non-hydrogen) atoms. The summed E-state index contributed by atoms with van der Waals surface area (Å²) in [6.07, 6.45) is 9.24. The fraction of sp³-hybridized carbons (Fsp3) is 0.429. The third-order valence-corrected chi connectivity index (χ3v) is 5.03. The number of carbonyl (C=O) groups is 1. The summed E-state index contributed by atoms with van der Waals surface area (Å²) >= 11 is 0. The van der Waals surface area contributed by atoms with Crippen molar-refractivity contribution in [3.05, 3.63) is 65.0 Å². The van der Waals surface area contributed by atoms with E-state index >= 15 is 0 Å². The Morgan fingerprint density at radius 2 is 1.96 bits per heavy atom. The van der Waals surface area contributed by atoms with Crippen LogP contribution in [-0.2, 0) is 4.79 Å². The van der Waals surface area contributed by atoms with Gasteiger partial charge in [-0.3, -0.25) is 9.78 Å². The van der Waals surface area contributed by atoms with E-state index in [0.29, 0.717) is 0 Å². The maximum absolute atomic E-state index is 12.8. The first-order chi connectivity index (χ1) is 11.6. The average Bonchev–Trinajstić information content (AvgIpc) is 2.63. The molecule has 3 rings (SSSR count). The van der Waals surface area contributed by atoms with Gasteiger partial charge in [-0.25, -0.2) is 0 Å². The molecule has 3 nitrogen and oxygen atoms in total. The van der Waals surface area contributed by atoms with Gasteiger partial charge in [0.05, 0.1) is 6.04 Å². The molecule has 2 aromatic rings. The first kappa shape index (κ1) is 16.7. The lowest BCUT2D eigenvalue weighted by molar-refractivity contribution is -0.126. The Labute approximate surface area is 144 Å². The molecule has 1 heterocycles. The zero-order chi connectivity index (χ0) is 16.9. The fourth-order valence-electron chi connectivity index (χ4n) is 3.58. The van der Waals surface area contributed by atoms with Crippen molar-refractivity contribution in [2.24, 2.45) is 5.92 Å². The van der Waals surface area contributed by atoms with Gasteiger partial charge in [0, 0.05) is 18.3 Å². The molecule has 1 saturated carbocycles. The van der Waals surface area contributed by atoms with E-state index in [9.17, 15) is 4.79 Å². The van der Waals surface area contributed by atoms with Crippen LogP contribution in [0.1, 0.15) is 60.4 Å². The number of hydrogen-bond donors (Lipinski definition) is 1. The van der Waals surface area contributed by atoms with Gasteiger partial charge in [-0.05, 0) is 49.4 Å². The van der Waals surface area contributed by atoms with Gasteiger partial charge in [-0.2, -0.15) is 0 Å². The molecule has 0 saturated heterocycles. The summed E-state index contributed by atoms with van der Waals surface area (Å²) in [5, 5.41) is 3.31. The number of benzene rings is 1. The number of amides is 1. The summed E-state index contributed by atoms with van der Waals surface area (Å²) in [6.45, 7) is 4.19. The number of aryl methyl sites for hydroxylation is 2. The zero-order valence-corrected chi connectivity index (χ0v) is 14.6. The molecule has 0 bridgehead atoms. The van der Waals surface area contributed by atoms with E-state index in [-0.39, 0.29) is 17.9 Å². The second kappa shape index (κ2) is 7.61. The molecule has 126 valence electrons. The van der Waals surface area contributed by atoms with Gasteiger partial charge in [0.15, 0.2) is 0 Å². The van der Waals surface area contributed by atoms with E-state index in [1.807, 2.05) is 18.3 Å². The van der Waals surface area contributed by atoms with Crippen LogP contribution in [0.5, 0.6) is 0 Å². The molecule has 0 unspecified atom stereocenters. The smallest absolute Gasteiger partial charge is 0.223 e. The minimum absolute atomic E-state index is 0.131. The maximum atomic E-state index is 12.8. The highest BCUT2D eigenvalue weighted by molar-refractivity contribution is 5.79. The van der Waals surface area contributed by atoms with E-state index in [0.717, 1.165) is 24.0 Å². The van der Waals surface area contributed by atoms with E-state index in [4.69, 9.17) is 0 Å². The van der Waals surface area contributed by atoms with Crippen LogP contribution < -0.4 is 5.32 Å². The number of aromatic nitrogens is 1. The molecule has 1 aliphatic carbocycles. The summed E-state index contributed by atoms with van der Waals surface area (Å²) in [5.41, 5.74) is 4.59. The van der Waals surface area contributed by atoms with Crippen LogP contribution >= 0.6 is 0 Å². The van der Waals surface area contributed by atoms with Crippen molar-refractivity contribution in [1.82, 2.24) is 10.3 Å². The van der Waals surface area contributed by atoms with E-state index in [1.54, 1.807) is 6.20 Å². The number of carbonyl (C=O) groups excluding carboxylic acids is 1. The minimum Gasteiger partial charge on any atom is -0.345 e. The predicted molar refractivity (Wildman–Crippen MR) is 96.7 cm³/mol. The molecule has 1 N–H and O–H groups in total. The Kier molecular flexibility index (Phi) is 5.29. The van der Waals surface area contributed by atoms with Crippen LogP contribution in [0, 0.1) is 19.8 Å². The molecule has 1 aromatic carbocycles. The van der Waals surface area contributed by atoms with Crippen LogP contribution in [0.4, 0.5) is 0 Å². The second-order valence-electron chi connectivity index (χ2n) is 6.92. The molecule has 0 aliphatic heterocycles. The molecular weight excluding hydrogens is 296 g/mol. The Morgan fingerprint density at radius 1 is 1.17 bits per heavy atom. The standard InChI is InChI=1S/C21H26N2O/c1-15-10-11-16(2)19(13-15)20(18-9-6-12-22-14-18)23-21(24)17-7-4-3-5-8-17/h6,9-14,17,20H,3-5,7-8H2,1-2H3,(H,23,24)/t20-/m0/s1. The largest absolute Gasteiger partial charge is 0.345 e. The number of rotatable bonds is 4. The van der Waals surface area contributed by atoms with Crippen LogP contribution in [-0.4, -0.2) is 10.9 Å². The van der Waals surface area contributed by atoms with Gasteiger partial charge in [0.25, 0.3) is 0 Å². The summed E-state index contributed by atoms with van der Waals surface area (Å²) in [6, 6.07) is 10.3. The summed E-state index contributed by atoms with van der Waals surface area (Å²) in [5.74, 6) is 0.340. The average molecular weight is 322 g/mol. The number of pyridine rings is 1. The first-order valence-electron chi connectivity index (χ1n) is 8.92. The number of nitrogens with zero attached hydrogens (tertiary/aromatic N) is 1. The Bertz CT molecular complexity index is 690. The molecule has 1 atom stereocenters. The van der Waals surface area contributed by atoms with Crippen molar-refractivity contribution < 1.29 is 4.79 Å². The summed E-state index contributed by atoms with van der Waals surface area (Å²) < 4.78 is 0. The van der Waals surface area contributed by atoms with E-state index in [1.165, 1.54) is 30.4 Å². The quantitative estimate of drug-likeness (QED) is 0.901. The molecule has 1 aliphatic rings. The predicted octanol–water partition coefficient (Wildman–Crippen LogP) is 4.48. The fourth-order valence-corrected chi connectivity index (χ4v) is 3.58.